The largest absolute Gasteiger partial charge is 0.496 e. The molecule has 33 heavy (non-hydrogen) atoms. The first kappa shape index (κ1) is 22.0. The number of nitrogens with one attached hydrogen (secondary N) is 1. The molecule has 4 aromatic rings. The molecule has 0 unspecified atom stereocenters. The summed E-state index contributed by atoms with van der Waals surface area (Å²) >= 11 is 0. The number of pyridine rings is 1. The maximum atomic E-state index is 13.4. The normalized spacial score (nSPS) is 10.7. The lowest BCUT2D eigenvalue weighted by atomic mass is 9.99. The number of para-hydroxylation sites is 1. The van der Waals surface area contributed by atoms with Crippen LogP contribution >= 0.6 is 0 Å². The number of aromatic nitrogens is 1. The van der Waals surface area contributed by atoms with Gasteiger partial charge in [-0.25, -0.2) is 9.78 Å². The molecule has 166 valence electrons. The van der Waals surface area contributed by atoms with E-state index in [-0.39, 0.29) is 5.91 Å². The van der Waals surface area contributed by atoms with Crippen molar-refractivity contribution in [1.82, 2.24) is 4.98 Å². The van der Waals surface area contributed by atoms with Gasteiger partial charge < -0.3 is 14.8 Å². The Bertz CT molecular complexity index is 1360. The van der Waals surface area contributed by atoms with E-state index in [2.05, 4.69) is 11.4 Å². The molecule has 0 aliphatic carbocycles. The molecule has 3 aromatic carbocycles. The lowest BCUT2D eigenvalue weighted by Gasteiger charge is -2.14. The number of fused-ring (bicyclic) bond motifs is 1. The van der Waals surface area contributed by atoms with Crippen molar-refractivity contribution in [1.29, 1.82) is 0 Å². The van der Waals surface area contributed by atoms with E-state index >= 15 is 0 Å². The lowest BCUT2D eigenvalue weighted by Crippen LogP contribution is -2.13. The molecule has 1 heterocycles. The quantitative estimate of drug-likeness (QED) is 0.411. The number of hydrogen-bond acceptors (Lipinski definition) is 5. The Labute approximate surface area is 192 Å². The minimum absolute atomic E-state index is 0.269. The van der Waals surface area contributed by atoms with Crippen LogP contribution in [-0.2, 0) is 4.74 Å². The molecule has 6 heteroatoms. The fourth-order valence-electron chi connectivity index (χ4n) is 3.87. The molecule has 1 amide bonds. The average molecular weight is 440 g/mol. The third-order valence-corrected chi connectivity index (χ3v) is 5.44. The zero-order valence-corrected chi connectivity index (χ0v) is 18.9. The molecule has 0 atom stereocenters. The van der Waals surface area contributed by atoms with Crippen molar-refractivity contribution in [3.05, 3.63) is 89.0 Å². The van der Waals surface area contributed by atoms with Gasteiger partial charge in [0.2, 0.25) is 0 Å². The van der Waals surface area contributed by atoms with Crippen LogP contribution in [0.2, 0.25) is 0 Å². The zero-order valence-electron chi connectivity index (χ0n) is 18.9. The maximum absolute atomic E-state index is 13.4. The minimum atomic E-state index is -0.430. The number of amides is 1. The number of aryl methyl sites for hydroxylation is 2. The van der Waals surface area contributed by atoms with Gasteiger partial charge >= 0.3 is 5.97 Å². The van der Waals surface area contributed by atoms with Crippen molar-refractivity contribution in [2.45, 2.75) is 13.8 Å². The molecule has 0 aliphatic heterocycles. The molecule has 0 saturated heterocycles. The number of carbonyl (C=O) groups is 2. The van der Waals surface area contributed by atoms with Crippen molar-refractivity contribution in [2.75, 3.05) is 19.5 Å². The molecule has 1 N–H and O–H groups in total. The van der Waals surface area contributed by atoms with Gasteiger partial charge in [0.1, 0.15) is 5.75 Å². The standard InChI is InChI=1S/C27H24N2O4/c1-16-13-17(2)25-21(14-16)22(15-23(29-25)20-7-5-6-8-24(20)32-3)26(30)28-19-11-9-18(10-12-19)27(31)33-4/h5-15H,1-4H3,(H,28,30). The Morgan fingerprint density at radius 1 is 0.909 bits per heavy atom. The van der Waals surface area contributed by atoms with Gasteiger partial charge in [-0.15, -0.1) is 0 Å². The fraction of sp³-hybridized carbons (Fsp3) is 0.148. The Kier molecular flexibility index (Phi) is 6.09. The van der Waals surface area contributed by atoms with Gasteiger partial charge in [0.05, 0.1) is 36.6 Å². The molecule has 1 aromatic heterocycles. The van der Waals surface area contributed by atoms with Gasteiger partial charge in [-0.05, 0) is 67.9 Å². The van der Waals surface area contributed by atoms with E-state index in [0.717, 1.165) is 27.6 Å². The van der Waals surface area contributed by atoms with E-state index in [0.29, 0.717) is 28.3 Å². The summed E-state index contributed by atoms with van der Waals surface area (Å²) in [7, 11) is 2.94. The van der Waals surface area contributed by atoms with Crippen LogP contribution in [0.4, 0.5) is 5.69 Å². The summed E-state index contributed by atoms with van der Waals surface area (Å²) in [5.74, 6) is -0.0198. The summed E-state index contributed by atoms with van der Waals surface area (Å²) in [6, 6.07) is 20.0. The van der Waals surface area contributed by atoms with Crippen molar-refractivity contribution in [3.63, 3.8) is 0 Å². The molecule has 4 rings (SSSR count). The van der Waals surface area contributed by atoms with E-state index in [1.807, 2.05) is 44.2 Å². The fourth-order valence-corrected chi connectivity index (χ4v) is 3.87. The van der Waals surface area contributed by atoms with Crippen LogP contribution in [0.3, 0.4) is 0 Å². The monoisotopic (exact) mass is 440 g/mol. The van der Waals surface area contributed by atoms with Crippen LogP contribution in [0.5, 0.6) is 5.75 Å². The molecule has 0 bridgehead atoms. The second kappa shape index (κ2) is 9.12. The Balaban J connectivity index is 1.81. The zero-order chi connectivity index (χ0) is 23.5. The highest BCUT2D eigenvalue weighted by molar-refractivity contribution is 6.13. The molecule has 0 spiro atoms. The van der Waals surface area contributed by atoms with Gasteiger partial charge in [0, 0.05) is 16.6 Å². The van der Waals surface area contributed by atoms with E-state index in [1.54, 1.807) is 37.4 Å². The van der Waals surface area contributed by atoms with Crippen LogP contribution in [0.25, 0.3) is 22.2 Å². The first-order valence-corrected chi connectivity index (χ1v) is 10.5. The van der Waals surface area contributed by atoms with Gasteiger partial charge in [-0.3, -0.25) is 4.79 Å². The highest BCUT2D eigenvalue weighted by atomic mass is 16.5. The second-order valence-corrected chi connectivity index (χ2v) is 7.76. The van der Waals surface area contributed by atoms with Crippen LogP contribution < -0.4 is 10.1 Å². The second-order valence-electron chi connectivity index (χ2n) is 7.76. The number of methoxy groups -OCH3 is 2. The van der Waals surface area contributed by atoms with E-state index in [9.17, 15) is 9.59 Å². The highest BCUT2D eigenvalue weighted by Gasteiger charge is 2.18. The summed E-state index contributed by atoms with van der Waals surface area (Å²) in [5.41, 5.74) is 5.73. The summed E-state index contributed by atoms with van der Waals surface area (Å²) in [5, 5.41) is 3.70. The van der Waals surface area contributed by atoms with Crippen molar-refractivity contribution < 1.29 is 19.1 Å². The summed E-state index contributed by atoms with van der Waals surface area (Å²) in [6.45, 7) is 3.98. The summed E-state index contributed by atoms with van der Waals surface area (Å²) in [6.07, 6.45) is 0. The SMILES string of the molecule is COC(=O)c1ccc(NC(=O)c2cc(-c3ccccc3OC)nc3c(C)cc(C)cc23)cc1. The molecule has 0 radical (unpaired) electrons. The lowest BCUT2D eigenvalue weighted by molar-refractivity contribution is 0.0600. The Hall–Kier alpha value is -4.19. The van der Waals surface area contributed by atoms with Crippen LogP contribution in [0.1, 0.15) is 31.8 Å². The average Bonchev–Trinajstić information content (AvgIpc) is 2.83. The predicted octanol–water partition coefficient (Wildman–Crippen LogP) is 5.57. The number of benzene rings is 3. The van der Waals surface area contributed by atoms with Gasteiger partial charge in [0.25, 0.3) is 5.91 Å². The third-order valence-electron chi connectivity index (χ3n) is 5.44. The Morgan fingerprint density at radius 3 is 2.33 bits per heavy atom. The van der Waals surface area contributed by atoms with Gasteiger partial charge in [-0.1, -0.05) is 23.8 Å². The number of hydrogen-bond donors (Lipinski definition) is 1. The van der Waals surface area contributed by atoms with Crippen LogP contribution in [0.15, 0.2) is 66.7 Å². The molecule has 6 nitrogen and oxygen atoms in total. The summed E-state index contributed by atoms with van der Waals surface area (Å²) < 4.78 is 10.2. The van der Waals surface area contributed by atoms with Crippen molar-refractivity contribution in [2.24, 2.45) is 0 Å². The minimum Gasteiger partial charge on any atom is -0.496 e. The number of esters is 1. The van der Waals surface area contributed by atoms with Crippen molar-refractivity contribution in [3.8, 4) is 17.0 Å². The molecular formula is C27H24N2O4. The first-order chi connectivity index (χ1) is 15.9. The molecule has 0 aliphatic rings. The van der Waals surface area contributed by atoms with Crippen LogP contribution in [-0.4, -0.2) is 31.1 Å². The topological polar surface area (TPSA) is 77.5 Å². The highest BCUT2D eigenvalue weighted by Crippen LogP contribution is 2.33. The van der Waals surface area contributed by atoms with E-state index in [1.165, 1.54) is 7.11 Å². The van der Waals surface area contributed by atoms with Crippen molar-refractivity contribution >= 4 is 28.5 Å². The predicted molar refractivity (Wildman–Crippen MR) is 129 cm³/mol. The van der Waals surface area contributed by atoms with Gasteiger partial charge in [0.15, 0.2) is 0 Å². The molecular weight excluding hydrogens is 416 g/mol. The van der Waals surface area contributed by atoms with E-state index in [4.69, 9.17) is 14.5 Å². The molecule has 0 fully saturated rings. The molecule has 0 saturated carbocycles. The number of rotatable bonds is 5. The number of nitrogens with zero attached hydrogens (tertiary/aromatic N) is 1. The maximum Gasteiger partial charge on any atom is 0.337 e. The smallest absolute Gasteiger partial charge is 0.337 e. The van der Waals surface area contributed by atoms with Gasteiger partial charge in [-0.2, -0.15) is 0 Å². The van der Waals surface area contributed by atoms with Crippen LogP contribution in [0, 0.1) is 13.8 Å². The number of carbonyl (C=O) groups excluding carboxylic acids is 2. The number of ether oxygens (including phenoxy) is 2. The third kappa shape index (κ3) is 4.41. The number of anilines is 1. The summed E-state index contributed by atoms with van der Waals surface area (Å²) in [4.78, 5) is 30.0. The first-order valence-electron chi connectivity index (χ1n) is 10.5. The van der Waals surface area contributed by atoms with E-state index < -0.39 is 5.97 Å². The Morgan fingerprint density at radius 2 is 1.64 bits per heavy atom.